The molecule has 0 unspecified atom stereocenters. The van der Waals surface area contributed by atoms with Crippen LogP contribution >= 0.6 is 0 Å². The predicted octanol–water partition coefficient (Wildman–Crippen LogP) is 3.42. The maximum Gasteiger partial charge on any atom is 0.242 e. The lowest BCUT2D eigenvalue weighted by Crippen LogP contribution is -2.48. The van der Waals surface area contributed by atoms with Gasteiger partial charge in [-0.05, 0) is 54.8 Å². The van der Waals surface area contributed by atoms with Gasteiger partial charge >= 0.3 is 0 Å². The molecule has 0 fully saturated rings. The summed E-state index contributed by atoms with van der Waals surface area (Å²) in [5.74, 6) is 1.98. The molecule has 0 aliphatic rings. The van der Waals surface area contributed by atoms with Crippen LogP contribution < -0.4 is 19.5 Å². The monoisotopic (exact) mass is 428 g/mol. The number of rotatable bonds is 12. The molecule has 7 nitrogen and oxygen atoms in total. The number of amides is 2. The highest BCUT2D eigenvalue weighted by molar-refractivity contribution is 5.87. The number of methoxy groups -OCH3 is 2. The van der Waals surface area contributed by atoms with Gasteiger partial charge in [0, 0.05) is 20.0 Å². The van der Waals surface area contributed by atoms with E-state index in [2.05, 4.69) is 5.32 Å². The van der Waals surface area contributed by atoms with Crippen molar-refractivity contribution in [2.45, 2.75) is 38.8 Å². The van der Waals surface area contributed by atoms with Gasteiger partial charge in [-0.15, -0.1) is 0 Å². The number of ether oxygens (including phenoxy) is 3. The smallest absolute Gasteiger partial charge is 0.242 e. The molecule has 1 N–H and O–H groups in total. The summed E-state index contributed by atoms with van der Waals surface area (Å²) in [6.45, 7) is 2.67. The van der Waals surface area contributed by atoms with Crippen LogP contribution in [0.2, 0.25) is 0 Å². The summed E-state index contributed by atoms with van der Waals surface area (Å²) in [6.07, 6.45) is 1.37. The number of nitrogens with one attached hydrogen (secondary N) is 1. The fraction of sp³-hybridized carbons (Fsp3) is 0.417. The molecular formula is C24H32N2O5. The molecule has 168 valence electrons. The molecule has 1 atom stereocenters. The number of likely N-dealkylation sites (N-methyl/N-ethyl adjacent to an activating group) is 1. The molecule has 0 bridgehead atoms. The summed E-state index contributed by atoms with van der Waals surface area (Å²) < 4.78 is 16.0. The third kappa shape index (κ3) is 7.20. The molecule has 0 aromatic heterocycles. The van der Waals surface area contributed by atoms with Crippen LogP contribution in [0.15, 0.2) is 48.5 Å². The van der Waals surface area contributed by atoms with Crippen LogP contribution in [0, 0.1) is 0 Å². The van der Waals surface area contributed by atoms with Gasteiger partial charge in [0.15, 0.2) is 0 Å². The summed E-state index contributed by atoms with van der Waals surface area (Å²) >= 11 is 0. The molecule has 0 saturated carbocycles. The van der Waals surface area contributed by atoms with Gasteiger partial charge in [0.1, 0.15) is 23.3 Å². The Morgan fingerprint density at radius 2 is 1.48 bits per heavy atom. The van der Waals surface area contributed by atoms with E-state index in [1.165, 1.54) is 0 Å². The van der Waals surface area contributed by atoms with E-state index in [-0.39, 0.29) is 11.8 Å². The quantitative estimate of drug-likeness (QED) is 0.524. The minimum atomic E-state index is -0.526. The zero-order valence-corrected chi connectivity index (χ0v) is 18.7. The van der Waals surface area contributed by atoms with Crippen LogP contribution in [0.3, 0.4) is 0 Å². The largest absolute Gasteiger partial charge is 0.497 e. The standard InChI is InChI=1S/C24H32N2O5/c1-5-22(24(28)25-2)26(17-18-8-10-19(29-3)11-9-18)23(27)7-6-16-31-21-14-12-20(30-4)13-15-21/h8-15,22H,5-7,16-17H2,1-4H3,(H,25,28)/t22-/m0/s1. The van der Waals surface area contributed by atoms with Gasteiger partial charge in [0.2, 0.25) is 11.8 Å². The maximum atomic E-state index is 13.0. The van der Waals surface area contributed by atoms with Gasteiger partial charge in [-0.2, -0.15) is 0 Å². The minimum Gasteiger partial charge on any atom is -0.497 e. The average Bonchev–Trinajstić information content (AvgIpc) is 2.82. The first-order valence-corrected chi connectivity index (χ1v) is 10.4. The van der Waals surface area contributed by atoms with Crippen molar-refractivity contribution in [3.05, 3.63) is 54.1 Å². The van der Waals surface area contributed by atoms with E-state index in [4.69, 9.17) is 14.2 Å². The van der Waals surface area contributed by atoms with Crippen molar-refractivity contribution < 1.29 is 23.8 Å². The van der Waals surface area contributed by atoms with Gasteiger partial charge in [0.05, 0.1) is 20.8 Å². The number of carbonyl (C=O) groups excluding carboxylic acids is 2. The number of hydrogen-bond donors (Lipinski definition) is 1. The van der Waals surface area contributed by atoms with E-state index in [9.17, 15) is 9.59 Å². The van der Waals surface area contributed by atoms with E-state index in [1.807, 2.05) is 55.5 Å². The van der Waals surface area contributed by atoms with Crippen LogP contribution in [0.1, 0.15) is 31.7 Å². The van der Waals surface area contributed by atoms with Crippen LogP contribution in [-0.4, -0.2) is 50.6 Å². The molecule has 2 aromatic rings. The Balaban J connectivity index is 1.99. The van der Waals surface area contributed by atoms with Crippen molar-refractivity contribution in [2.75, 3.05) is 27.9 Å². The van der Waals surface area contributed by atoms with Crippen molar-refractivity contribution in [2.24, 2.45) is 0 Å². The summed E-state index contributed by atoms with van der Waals surface area (Å²) in [6, 6.07) is 14.3. The van der Waals surface area contributed by atoms with E-state index >= 15 is 0 Å². The Hall–Kier alpha value is -3.22. The molecule has 0 radical (unpaired) electrons. The predicted molar refractivity (Wildman–Crippen MR) is 119 cm³/mol. The van der Waals surface area contributed by atoms with Crippen LogP contribution in [0.25, 0.3) is 0 Å². The lowest BCUT2D eigenvalue weighted by Gasteiger charge is -2.30. The molecular weight excluding hydrogens is 396 g/mol. The van der Waals surface area contributed by atoms with E-state index in [0.717, 1.165) is 22.8 Å². The van der Waals surface area contributed by atoms with E-state index in [1.54, 1.807) is 26.2 Å². The normalized spacial score (nSPS) is 11.4. The first-order chi connectivity index (χ1) is 15.0. The summed E-state index contributed by atoms with van der Waals surface area (Å²) in [7, 11) is 4.81. The fourth-order valence-electron chi connectivity index (χ4n) is 3.24. The zero-order chi connectivity index (χ0) is 22.6. The number of carbonyl (C=O) groups is 2. The molecule has 7 heteroatoms. The van der Waals surface area contributed by atoms with Gasteiger partial charge in [-0.3, -0.25) is 9.59 Å². The molecule has 0 aliphatic heterocycles. The maximum absolute atomic E-state index is 13.0. The molecule has 0 saturated heterocycles. The molecule has 0 aliphatic carbocycles. The van der Waals surface area contributed by atoms with Crippen molar-refractivity contribution >= 4 is 11.8 Å². The Morgan fingerprint density at radius 3 is 2.00 bits per heavy atom. The third-order valence-corrected chi connectivity index (χ3v) is 5.01. The highest BCUT2D eigenvalue weighted by Crippen LogP contribution is 2.19. The second kappa shape index (κ2) is 12.5. The number of hydrogen-bond acceptors (Lipinski definition) is 5. The van der Waals surface area contributed by atoms with Crippen LogP contribution in [-0.2, 0) is 16.1 Å². The van der Waals surface area contributed by atoms with E-state index in [0.29, 0.717) is 32.4 Å². The Kier molecular flexibility index (Phi) is 9.68. The molecule has 0 spiro atoms. The second-order valence-electron chi connectivity index (χ2n) is 7.04. The summed E-state index contributed by atoms with van der Waals surface area (Å²) in [4.78, 5) is 27.1. The Labute approximate surface area is 184 Å². The fourth-order valence-corrected chi connectivity index (χ4v) is 3.24. The van der Waals surface area contributed by atoms with Gasteiger partial charge in [-0.25, -0.2) is 0 Å². The number of nitrogens with zero attached hydrogens (tertiary/aromatic N) is 1. The lowest BCUT2D eigenvalue weighted by atomic mass is 10.1. The van der Waals surface area contributed by atoms with Crippen molar-refractivity contribution in [1.29, 1.82) is 0 Å². The second-order valence-corrected chi connectivity index (χ2v) is 7.04. The molecule has 2 amide bonds. The highest BCUT2D eigenvalue weighted by atomic mass is 16.5. The topological polar surface area (TPSA) is 77.1 Å². The lowest BCUT2D eigenvalue weighted by molar-refractivity contribution is -0.141. The molecule has 2 aromatic carbocycles. The third-order valence-electron chi connectivity index (χ3n) is 5.01. The molecule has 0 heterocycles. The molecule has 2 rings (SSSR count). The number of benzene rings is 2. The van der Waals surface area contributed by atoms with Gasteiger partial charge in [0.25, 0.3) is 0 Å². The Morgan fingerprint density at radius 1 is 0.935 bits per heavy atom. The summed E-state index contributed by atoms with van der Waals surface area (Å²) in [5.41, 5.74) is 0.936. The Bertz CT molecular complexity index is 821. The van der Waals surface area contributed by atoms with Crippen molar-refractivity contribution in [3.8, 4) is 17.2 Å². The van der Waals surface area contributed by atoms with Gasteiger partial charge in [-0.1, -0.05) is 19.1 Å². The van der Waals surface area contributed by atoms with Crippen LogP contribution in [0.5, 0.6) is 17.2 Å². The first kappa shape index (κ1) is 24.1. The van der Waals surface area contributed by atoms with Crippen LogP contribution in [0.4, 0.5) is 0 Å². The average molecular weight is 429 g/mol. The SMILES string of the molecule is CC[C@@H](C(=O)NC)N(Cc1ccc(OC)cc1)C(=O)CCCOc1ccc(OC)cc1. The zero-order valence-electron chi connectivity index (χ0n) is 18.7. The minimum absolute atomic E-state index is 0.0791. The highest BCUT2D eigenvalue weighted by Gasteiger charge is 2.27. The first-order valence-electron chi connectivity index (χ1n) is 10.4. The van der Waals surface area contributed by atoms with Gasteiger partial charge < -0.3 is 24.4 Å². The van der Waals surface area contributed by atoms with Crippen molar-refractivity contribution in [3.63, 3.8) is 0 Å². The van der Waals surface area contributed by atoms with Crippen molar-refractivity contribution in [1.82, 2.24) is 10.2 Å². The van der Waals surface area contributed by atoms with E-state index < -0.39 is 6.04 Å². The molecule has 31 heavy (non-hydrogen) atoms. The summed E-state index contributed by atoms with van der Waals surface area (Å²) in [5, 5.41) is 2.67.